The molecular formula is C20H28O8. The summed E-state index contributed by atoms with van der Waals surface area (Å²) in [6, 6.07) is 0. The van der Waals surface area contributed by atoms with Crippen molar-refractivity contribution in [3.8, 4) is 0 Å². The third-order valence-electron chi connectivity index (χ3n) is 4.12. The van der Waals surface area contributed by atoms with Gasteiger partial charge in [-0.3, -0.25) is 9.59 Å². The first kappa shape index (κ1) is 23.4. The summed E-state index contributed by atoms with van der Waals surface area (Å²) in [6.45, 7) is 3.15. The van der Waals surface area contributed by atoms with E-state index in [1.165, 1.54) is 12.2 Å². The normalized spacial score (nSPS) is 19.4. The van der Waals surface area contributed by atoms with Crippen molar-refractivity contribution in [3.05, 3.63) is 24.3 Å². The van der Waals surface area contributed by atoms with Gasteiger partial charge < -0.3 is 18.9 Å². The smallest absolute Gasteiger partial charge is 0.330 e. The van der Waals surface area contributed by atoms with Crippen LogP contribution in [0.15, 0.2) is 24.3 Å². The fourth-order valence-corrected chi connectivity index (χ4v) is 2.85. The predicted octanol–water partition coefficient (Wildman–Crippen LogP) is 2.12. The zero-order chi connectivity index (χ0) is 20.8. The molecule has 0 aromatic rings. The van der Waals surface area contributed by atoms with Gasteiger partial charge in [0.1, 0.15) is 26.4 Å². The highest BCUT2D eigenvalue weighted by atomic mass is 16.6. The average molecular weight is 396 g/mol. The Morgan fingerprint density at radius 3 is 1.39 bits per heavy atom. The molecule has 1 aliphatic carbocycles. The molecule has 0 spiro atoms. The summed E-state index contributed by atoms with van der Waals surface area (Å²) >= 11 is 0. The Balaban J connectivity index is 2.40. The van der Waals surface area contributed by atoms with E-state index in [2.05, 4.69) is 0 Å². The predicted molar refractivity (Wildman–Crippen MR) is 98.9 cm³/mol. The van der Waals surface area contributed by atoms with Gasteiger partial charge in [-0.25, -0.2) is 9.59 Å². The van der Waals surface area contributed by atoms with Crippen molar-refractivity contribution in [2.75, 3.05) is 26.4 Å². The summed E-state index contributed by atoms with van der Waals surface area (Å²) in [5.41, 5.74) is 0. The maximum Gasteiger partial charge on any atom is 0.330 e. The zero-order valence-corrected chi connectivity index (χ0v) is 16.4. The van der Waals surface area contributed by atoms with Crippen molar-refractivity contribution in [2.24, 2.45) is 11.8 Å². The monoisotopic (exact) mass is 396 g/mol. The molecule has 1 saturated carbocycles. The van der Waals surface area contributed by atoms with Gasteiger partial charge in [0.2, 0.25) is 0 Å². The van der Waals surface area contributed by atoms with Crippen molar-refractivity contribution in [1.82, 2.24) is 0 Å². The highest BCUT2D eigenvalue weighted by Crippen LogP contribution is 2.32. The minimum Gasteiger partial charge on any atom is -0.462 e. The highest BCUT2D eigenvalue weighted by Gasteiger charge is 2.37. The van der Waals surface area contributed by atoms with Crippen molar-refractivity contribution < 1.29 is 38.1 Å². The lowest BCUT2D eigenvalue weighted by Crippen LogP contribution is -2.35. The average Bonchev–Trinajstić information content (AvgIpc) is 2.68. The molecule has 1 aliphatic rings. The van der Waals surface area contributed by atoms with Crippen LogP contribution in [0.5, 0.6) is 0 Å². The van der Waals surface area contributed by atoms with E-state index < -0.39 is 35.7 Å². The third kappa shape index (κ3) is 8.83. The van der Waals surface area contributed by atoms with E-state index in [1.807, 2.05) is 0 Å². The van der Waals surface area contributed by atoms with Gasteiger partial charge in [0, 0.05) is 12.2 Å². The van der Waals surface area contributed by atoms with Gasteiger partial charge in [-0.05, 0) is 26.7 Å². The SMILES string of the molecule is CC=CC(=O)OCCOC(=O)C1CCCCC1C(=O)OCCOC(=O)C=CC. The molecular weight excluding hydrogens is 368 g/mol. The van der Waals surface area contributed by atoms with Crippen LogP contribution in [0.4, 0.5) is 0 Å². The number of esters is 4. The van der Waals surface area contributed by atoms with Crippen LogP contribution in [0.1, 0.15) is 39.5 Å². The van der Waals surface area contributed by atoms with Crippen LogP contribution >= 0.6 is 0 Å². The molecule has 8 nitrogen and oxygen atoms in total. The Labute approximate surface area is 164 Å². The van der Waals surface area contributed by atoms with Gasteiger partial charge in [0.15, 0.2) is 0 Å². The first-order chi connectivity index (χ1) is 13.5. The van der Waals surface area contributed by atoms with Crippen LogP contribution in [0.3, 0.4) is 0 Å². The fraction of sp³-hybridized carbons (Fsp3) is 0.600. The van der Waals surface area contributed by atoms with Gasteiger partial charge in [0.25, 0.3) is 0 Å². The maximum absolute atomic E-state index is 12.3. The Morgan fingerprint density at radius 1 is 0.679 bits per heavy atom. The molecule has 0 bridgehead atoms. The molecule has 2 unspecified atom stereocenters. The molecule has 1 fully saturated rings. The van der Waals surface area contributed by atoms with Crippen molar-refractivity contribution in [1.29, 1.82) is 0 Å². The topological polar surface area (TPSA) is 105 Å². The minimum atomic E-state index is -0.585. The minimum absolute atomic E-state index is 0.0473. The lowest BCUT2D eigenvalue weighted by Gasteiger charge is -2.28. The van der Waals surface area contributed by atoms with E-state index in [0.717, 1.165) is 12.8 Å². The number of carbonyl (C=O) groups excluding carboxylic acids is 4. The molecule has 0 aliphatic heterocycles. The van der Waals surface area contributed by atoms with E-state index >= 15 is 0 Å². The van der Waals surface area contributed by atoms with E-state index in [9.17, 15) is 19.2 Å². The van der Waals surface area contributed by atoms with Crippen LogP contribution in [-0.2, 0) is 38.1 Å². The quantitative estimate of drug-likeness (QED) is 0.239. The maximum atomic E-state index is 12.3. The Bertz CT molecular complexity index is 541. The standard InChI is InChI=1S/C20H28O8/c1-3-7-17(21)25-11-13-27-19(23)15-9-5-6-10-16(15)20(24)28-14-12-26-18(22)8-4-2/h3-4,7-8,15-16H,5-6,9-14H2,1-2H3. The van der Waals surface area contributed by atoms with Gasteiger partial charge in [-0.1, -0.05) is 25.0 Å². The molecule has 0 heterocycles. The molecule has 0 aromatic heterocycles. The fourth-order valence-electron chi connectivity index (χ4n) is 2.85. The summed E-state index contributed by atoms with van der Waals surface area (Å²) in [6.07, 6.45) is 8.35. The Morgan fingerprint density at radius 2 is 1.04 bits per heavy atom. The summed E-state index contributed by atoms with van der Waals surface area (Å²) in [5.74, 6) is -3.18. The summed E-state index contributed by atoms with van der Waals surface area (Å²) in [4.78, 5) is 47.0. The van der Waals surface area contributed by atoms with Gasteiger partial charge in [0.05, 0.1) is 11.8 Å². The van der Waals surface area contributed by atoms with E-state index in [4.69, 9.17) is 18.9 Å². The van der Waals surface area contributed by atoms with Gasteiger partial charge in [-0.2, -0.15) is 0 Å². The first-order valence-corrected chi connectivity index (χ1v) is 9.41. The number of allylic oxidation sites excluding steroid dienone is 2. The second kappa shape index (κ2) is 13.5. The molecule has 0 N–H and O–H groups in total. The summed E-state index contributed by atoms with van der Waals surface area (Å²) < 4.78 is 20.0. The molecule has 0 saturated heterocycles. The molecule has 0 amide bonds. The first-order valence-electron chi connectivity index (χ1n) is 9.41. The largest absolute Gasteiger partial charge is 0.462 e. The summed E-state index contributed by atoms with van der Waals surface area (Å²) in [5, 5.41) is 0. The molecule has 0 radical (unpaired) electrons. The number of ether oxygens (including phenoxy) is 4. The number of hydrogen-bond donors (Lipinski definition) is 0. The number of carbonyl (C=O) groups is 4. The number of rotatable bonds is 10. The van der Waals surface area contributed by atoms with E-state index in [0.29, 0.717) is 12.8 Å². The molecule has 2 atom stereocenters. The van der Waals surface area contributed by atoms with E-state index in [1.54, 1.807) is 26.0 Å². The second-order valence-corrected chi connectivity index (χ2v) is 6.17. The molecule has 0 aromatic carbocycles. The van der Waals surface area contributed by atoms with E-state index in [-0.39, 0.29) is 26.4 Å². The lowest BCUT2D eigenvalue weighted by molar-refractivity contribution is -0.165. The van der Waals surface area contributed by atoms with Crippen molar-refractivity contribution >= 4 is 23.9 Å². The van der Waals surface area contributed by atoms with Crippen LogP contribution in [-0.4, -0.2) is 50.3 Å². The van der Waals surface area contributed by atoms with Gasteiger partial charge in [-0.15, -0.1) is 0 Å². The van der Waals surface area contributed by atoms with Crippen LogP contribution in [0.2, 0.25) is 0 Å². The second-order valence-electron chi connectivity index (χ2n) is 6.17. The molecule has 8 heteroatoms. The summed E-state index contributed by atoms with van der Waals surface area (Å²) in [7, 11) is 0. The highest BCUT2D eigenvalue weighted by molar-refractivity contribution is 5.83. The Kier molecular flexibility index (Phi) is 11.3. The van der Waals surface area contributed by atoms with Crippen molar-refractivity contribution in [2.45, 2.75) is 39.5 Å². The van der Waals surface area contributed by atoms with Crippen LogP contribution < -0.4 is 0 Å². The zero-order valence-electron chi connectivity index (χ0n) is 16.4. The molecule has 156 valence electrons. The van der Waals surface area contributed by atoms with Crippen molar-refractivity contribution in [3.63, 3.8) is 0 Å². The van der Waals surface area contributed by atoms with Crippen LogP contribution in [0, 0.1) is 11.8 Å². The number of hydrogen-bond acceptors (Lipinski definition) is 8. The van der Waals surface area contributed by atoms with Crippen LogP contribution in [0.25, 0.3) is 0 Å². The Hall–Kier alpha value is -2.64. The lowest BCUT2D eigenvalue weighted by atomic mass is 9.79. The third-order valence-corrected chi connectivity index (χ3v) is 4.12. The molecule has 28 heavy (non-hydrogen) atoms. The van der Waals surface area contributed by atoms with Gasteiger partial charge >= 0.3 is 23.9 Å². The molecule has 1 rings (SSSR count).